The van der Waals surface area contributed by atoms with Crippen LogP contribution in [-0.2, 0) is 0 Å². The highest BCUT2D eigenvalue weighted by molar-refractivity contribution is 6.33. The topological polar surface area (TPSA) is 75.4 Å². The minimum absolute atomic E-state index is 0.190. The van der Waals surface area contributed by atoms with Gasteiger partial charge in [0.1, 0.15) is 17.0 Å². The largest absolute Gasteiger partial charge is 0.360 e. The molecule has 0 aliphatic carbocycles. The number of hydrogen-bond donors (Lipinski definition) is 1. The lowest BCUT2D eigenvalue weighted by molar-refractivity contribution is 0.0989. The Morgan fingerprint density at radius 3 is 2.44 bits per heavy atom. The smallest absolute Gasteiger partial charge is 0.261 e. The van der Waals surface area contributed by atoms with Gasteiger partial charge in [0, 0.05) is 29.5 Å². The van der Waals surface area contributed by atoms with E-state index < -0.39 is 5.91 Å². The molecule has 0 fully saturated rings. The first-order valence-corrected chi connectivity index (χ1v) is 10.3. The normalized spacial score (nSPS) is 10.6. The van der Waals surface area contributed by atoms with Crippen LogP contribution in [-0.4, -0.2) is 24.0 Å². The number of rotatable bonds is 5. The van der Waals surface area contributed by atoms with Crippen LogP contribution in [0.3, 0.4) is 0 Å². The van der Waals surface area contributed by atoms with Crippen molar-refractivity contribution in [1.82, 2.24) is 5.16 Å². The molecular formula is C25H20ClN3O3. The highest BCUT2D eigenvalue weighted by atomic mass is 35.5. The molecule has 0 unspecified atom stereocenters. The number of amides is 2. The van der Waals surface area contributed by atoms with Crippen molar-refractivity contribution in [3.63, 3.8) is 0 Å². The lowest BCUT2D eigenvalue weighted by atomic mass is 10.1. The summed E-state index contributed by atoms with van der Waals surface area (Å²) >= 11 is 6.29. The van der Waals surface area contributed by atoms with Gasteiger partial charge in [0.15, 0.2) is 0 Å². The number of para-hydroxylation sites is 1. The minimum atomic E-state index is -0.403. The van der Waals surface area contributed by atoms with Crippen LogP contribution >= 0.6 is 11.6 Å². The summed E-state index contributed by atoms with van der Waals surface area (Å²) < 4.78 is 5.28. The maximum Gasteiger partial charge on any atom is 0.261 e. The summed E-state index contributed by atoms with van der Waals surface area (Å²) in [6.07, 6.45) is 0. The molecule has 32 heavy (non-hydrogen) atoms. The van der Waals surface area contributed by atoms with Crippen molar-refractivity contribution in [2.24, 2.45) is 0 Å². The molecule has 7 heteroatoms. The molecule has 0 radical (unpaired) electrons. The third-order valence-corrected chi connectivity index (χ3v) is 5.36. The van der Waals surface area contributed by atoms with Crippen LogP contribution in [0, 0.1) is 6.92 Å². The molecule has 0 atom stereocenters. The zero-order chi connectivity index (χ0) is 22.7. The molecule has 1 heterocycles. The second-order valence-electron chi connectivity index (χ2n) is 7.18. The van der Waals surface area contributed by atoms with Crippen LogP contribution in [0.2, 0.25) is 5.02 Å². The number of carbonyl (C=O) groups is 2. The fraction of sp³-hybridized carbons (Fsp3) is 0.0800. The Kier molecular flexibility index (Phi) is 6.05. The maximum absolute atomic E-state index is 13.1. The molecule has 0 spiro atoms. The highest BCUT2D eigenvalue weighted by Crippen LogP contribution is 2.31. The van der Waals surface area contributed by atoms with Crippen molar-refractivity contribution < 1.29 is 14.1 Å². The van der Waals surface area contributed by atoms with Crippen molar-refractivity contribution in [1.29, 1.82) is 0 Å². The van der Waals surface area contributed by atoms with E-state index in [0.717, 1.165) is 5.69 Å². The van der Waals surface area contributed by atoms with Crippen LogP contribution in [0.4, 0.5) is 11.4 Å². The van der Waals surface area contributed by atoms with Crippen molar-refractivity contribution in [2.75, 3.05) is 17.3 Å². The van der Waals surface area contributed by atoms with Gasteiger partial charge in [-0.05, 0) is 43.3 Å². The molecule has 4 aromatic rings. The lowest BCUT2D eigenvalue weighted by Crippen LogP contribution is -2.26. The number of aromatic nitrogens is 1. The molecule has 4 rings (SSSR count). The molecule has 2 amide bonds. The van der Waals surface area contributed by atoms with Gasteiger partial charge in [-0.2, -0.15) is 0 Å². The first kappa shape index (κ1) is 21.3. The standard InChI is InChI=1S/C25H20ClN3O3/c1-16-22(23(28-32-16)20-13-6-7-14-21(20)26)24(30)27-18-10-8-9-17(15-18)25(31)29(2)19-11-4-3-5-12-19/h3-15H,1-2H3,(H,27,30). The van der Waals surface area contributed by atoms with E-state index in [9.17, 15) is 9.59 Å². The van der Waals surface area contributed by atoms with Crippen LogP contribution in [0.15, 0.2) is 83.4 Å². The highest BCUT2D eigenvalue weighted by Gasteiger charge is 2.23. The van der Waals surface area contributed by atoms with Crippen molar-refractivity contribution >= 4 is 34.8 Å². The first-order chi connectivity index (χ1) is 15.5. The van der Waals surface area contributed by atoms with Gasteiger partial charge in [0.05, 0.1) is 5.02 Å². The fourth-order valence-electron chi connectivity index (χ4n) is 3.36. The molecule has 0 aliphatic heterocycles. The molecule has 3 aromatic carbocycles. The molecule has 0 saturated heterocycles. The number of nitrogens with one attached hydrogen (secondary N) is 1. The number of nitrogens with zero attached hydrogens (tertiary/aromatic N) is 2. The Balaban J connectivity index is 1.59. The number of hydrogen-bond acceptors (Lipinski definition) is 4. The Morgan fingerprint density at radius 2 is 1.69 bits per heavy atom. The van der Waals surface area contributed by atoms with Gasteiger partial charge >= 0.3 is 0 Å². The van der Waals surface area contributed by atoms with Crippen LogP contribution < -0.4 is 10.2 Å². The van der Waals surface area contributed by atoms with E-state index in [1.54, 1.807) is 61.3 Å². The van der Waals surface area contributed by atoms with E-state index in [-0.39, 0.29) is 11.5 Å². The average Bonchev–Trinajstić information content (AvgIpc) is 3.20. The number of anilines is 2. The molecule has 0 saturated carbocycles. The van der Waals surface area contributed by atoms with Gasteiger partial charge in [-0.25, -0.2) is 0 Å². The Morgan fingerprint density at radius 1 is 0.969 bits per heavy atom. The predicted octanol–water partition coefficient (Wildman–Crippen LogP) is 5.83. The Bertz CT molecular complexity index is 1280. The van der Waals surface area contributed by atoms with Crippen LogP contribution in [0.5, 0.6) is 0 Å². The SMILES string of the molecule is Cc1onc(-c2ccccc2Cl)c1C(=O)Nc1cccc(C(=O)N(C)c2ccccc2)c1. The van der Waals surface area contributed by atoms with Gasteiger partial charge in [-0.15, -0.1) is 0 Å². The summed E-state index contributed by atoms with van der Waals surface area (Å²) in [7, 11) is 1.71. The number of aryl methyl sites for hydroxylation is 1. The second kappa shape index (κ2) is 9.08. The summed E-state index contributed by atoms with van der Waals surface area (Å²) in [5.41, 5.74) is 2.95. The van der Waals surface area contributed by atoms with E-state index in [2.05, 4.69) is 10.5 Å². The van der Waals surface area contributed by atoms with E-state index in [1.165, 1.54) is 0 Å². The number of carbonyl (C=O) groups excluding carboxylic acids is 2. The van der Waals surface area contributed by atoms with E-state index in [0.29, 0.717) is 33.3 Å². The summed E-state index contributed by atoms with van der Waals surface area (Å²) in [6, 6.07) is 23.2. The monoisotopic (exact) mass is 445 g/mol. The van der Waals surface area contributed by atoms with E-state index in [1.807, 2.05) is 36.4 Å². The van der Waals surface area contributed by atoms with Gasteiger partial charge in [0.25, 0.3) is 11.8 Å². The van der Waals surface area contributed by atoms with E-state index >= 15 is 0 Å². The maximum atomic E-state index is 13.1. The molecule has 1 N–H and O–H groups in total. The third-order valence-electron chi connectivity index (χ3n) is 5.03. The molecule has 160 valence electrons. The minimum Gasteiger partial charge on any atom is -0.360 e. The molecule has 6 nitrogen and oxygen atoms in total. The van der Waals surface area contributed by atoms with Crippen molar-refractivity contribution in [2.45, 2.75) is 6.92 Å². The number of halogens is 1. The van der Waals surface area contributed by atoms with E-state index in [4.69, 9.17) is 16.1 Å². The summed E-state index contributed by atoms with van der Waals surface area (Å²) in [6.45, 7) is 1.66. The average molecular weight is 446 g/mol. The van der Waals surface area contributed by atoms with Gasteiger partial charge in [0.2, 0.25) is 0 Å². The van der Waals surface area contributed by atoms with Crippen LogP contribution in [0.1, 0.15) is 26.5 Å². The Labute approximate surface area is 190 Å². The van der Waals surface area contributed by atoms with Crippen molar-refractivity contribution in [3.8, 4) is 11.3 Å². The predicted molar refractivity (Wildman–Crippen MR) is 125 cm³/mol. The van der Waals surface area contributed by atoms with Gasteiger partial charge < -0.3 is 14.7 Å². The summed E-state index contributed by atoms with van der Waals surface area (Å²) in [5.74, 6) is -0.224. The second-order valence-corrected chi connectivity index (χ2v) is 7.58. The molecule has 0 bridgehead atoms. The van der Waals surface area contributed by atoms with Gasteiger partial charge in [-0.3, -0.25) is 9.59 Å². The fourth-order valence-corrected chi connectivity index (χ4v) is 3.59. The summed E-state index contributed by atoms with van der Waals surface area (Å²) in [5, 5.41) is 7.33. The first-order valence-electron chi connectivity index (χ1n) is 9.91. The quantitative estimate of drug-likeness (QED) is 0.419. The molecule has 1 aromatic heterocycles. The third kappa shape index (κ3) is 4.26. The zero-order valence-corrected chi connectivity index (χ0v) is 18.3. The van der Waals surface area contributed by atoms with Crippen LogP contribution in [0.25, 0.3) is 11.3 Å². The molecule has 0 aliphatic rings. The molecular weight excluding hydrogens is 426 g/mol. The number of benzene rings is 3. The van der Waals surface area contributed by atoms with Crippen molar-refractivity contribution in [3.05, 3.63) is 101 Å². The zero-order valence-electron chi connectivity index (χ0n) is 17.5. The Hall–Kier alpha value is -3.90. The van der Waals surface area contributed by atoms with Gasteiger partial charge in [-0.1, -0.05) is 59.2 Å². The lowest BCUT2D eigenvalue weighted by Gasteiger charge is -2.17. The summed E-state index contributed by atoms with van der Waals surface area (Å²) in [4.78, 5) is 27.6.